The van der Waals surface area contributed by atoms with E-state index < -0.39 is 17.6 Å². The van der Waals surface area contributed by atoms with E-state index >= 15 is 0 Å². The quantitative estimate of drug-likeness (QED) is 0.873. The van der Waals surface area contributed by atoms with Gasteiger partial charge in [0.2, 0.25) is 5.88 Å². The van der Waals surface area contributed by atoms with E-state index in [0.717, 1.165) is 18.3 Å². The summed E-state index contributed by atoms with van der Waals surface area (Å²) in [4.78, 5) is 3.80. The van der Waals surface area contributed by atoms with E-state index in [0.29, 0.717) is 12.1 Å². The van der Waals surface area contributed by atoms with Gasteiger partial charge in [0.25, 0.3) is 0 Å². The fourth-order valence-corrected chi connectivity index (χ4v) is 1.70. The van der Waals surface area contributed by atoms with Crippen molar-refractivity contribution in [2.24, 2.45) is 0 Å². The fourth-order valence-electron chi connectivity index (χ4n) is 1.70. The van der Waals surface area contributed by atoms with Crippen molar-refractivity contribution in [1.82, 2.24) is 10.3 Å². The topological polar surface area (TPSA) is 34.2 Å². The molecule has 0 fully saturated rings. The predicted molar refractivity (Wildman–Crippen MR) is 68.5 cm³/mol. The Labute approximate surface area is 118 Å². The molecule has 0 saturated carbocycles. The number of ether oxygens (including phenoxy) is 1. The van der Waals surface area contributed by atoms with Crippen LogP contribution in [0, 0.1) is 5.82 Å². The molecule has 1 aromatic carbocycles. The van der Waals surface area contributed by atoms with Crippen LogP contribution in [0.25, 0.3) is 0 Å². The molecule has 0 spiro atoms. The third-order valence-corrected chi connectivity index (χ3v) is 2.66. The van der Waals surface area contributed by atoms with Crippen LogP contribution in [0.1, 0.15) is 11.1 Å². The van der Waals surface area contributed by atoms with E-state index in [1.54, 1.807) is 7.05 Å². The van der Waals surface area contributed by atoms with Crippen LogP contribution in [0.3, 0.4) is 0 Å². The lowest BCUT2D eigenvalue weighted by Gasteiger charge is -2.11. The van der Waals surface area contributed by atoms with Gasteiger partial charge in [-0.1, -0.05) is 0 Å². The highest BCUT2D eigenvalue weighted by molar-refractivity contribution is 5.34. The maximum Gasteiger partial charge on any atom is 0.416 e. The zero-order valence-electron chi connectivity index (χ0n) is 11.0. The summed E-state index contributed by atoms with van der Waals surface area (Å²) < 4.78 is 55.9. The summed E-state index contributed by atoms with van der Waals surface area (Å²) >= 11 is 0. The van der Waals surface area contributed by atoms with E-state index in [4.69, 9.17) is 4.74 Å². The number of rotatable bonds is 4. The lowest BCUT2D eigenvalue weighted by molar-refractivity contribution is -0.137. The Morgan fingerprint density at radius 1 is 1.19 bits per heavy atom. The highest BCUT2D eigenvalue weighted by atomic mass is 19.4. The Kier molecular flexibility index (Phi) is 4.42. The van der Waals surface area contributed by atoms with Crippen molar-refractivity contribution in [1.29, 1.82) is 0 Å². The summed E-state index contributed by atoms with van der Waals surface area (Å²) in [5.41, 5.74) is -0.297. The molecule has 7 heteroatoms. The van der Waals surface area contributed by atoms with Crippen LogP contribution in [-0.4, -0.2) is 12.0 Å². The first kappa shape index (κ1) is 15.2. The van der Waals surface area contributed by atoms with Crippen molar-refractivity contribution in [3.8, 4) is 11.6 Å². The Hall–Kier alpha value is -2.15. The molecule has 0 saturated heterocycles. The Balaban J connectivity index is 2.22. The predicted octanol–water partition coefficient (Wildman–Crippen LogP) is 3.75. The Morgan fingerprint density at radius 3 is 2.43 bits per heavy atom. The fraction of sp³-hybridized carbons (Fsp3) is 0.214. The number of benzene rings is 1. The maximum absolute atomic E-state index is 13.1. The minimum absolute atomic E-state index is 0.144. The molecule has 2 rings (SSSR count). The molecule has 2 aromatic rings. The van der Waals surface area contributed by atoms with Gasteiger partial charge >= 0.3 is 6.18 Å². The first-order valence-corrected chi connectivity index (χ1v) is 6.04. The van der Waals surface area contributed by atoms with E-state index in [-0.39, 0.29) is 11.6 Å². The van der Waals surface area contributed by atoms with Crippen molar-refractivity contribution in [3.05, 3.63) is 53.5 Å². The highest BCUT2D eigenvalue weighted by Crippen LogP contribution is 2.31. The van der Waals surface area contributed by atoms with Gasteiger partial charge in [0.15, 0.2) is 0 Å². The average Bonchev–Trinajstić information content (AvgIpc) is 2.42. The lowest BCUT2D eigenvalue weighted by Crippen LogP contribution is -2.08. The van der Waals surface area contributed by atoms with Crippen molar-refractivity contribution in [3.63, 3.8) is 0 Å². The molecule has 0 aliphatic heterocycles. The van der Waals surface area contributed by atoms with Gasteiger partial charge in [0.05, 0.1) is 11.8 Å². The summed E-state index contributed by atoms with van der Waals surface area (Å²) in [6.07, 6.45) is -3.41. The number of hydrogen-bond acceptors (Lipinski definition) is 3. The van der Waals surface area contributed by atoms with Crippen LogP contribution in [0.2, 0.25) is 0 Å². The third-order valence-electron chi connectivity index (χ3n) is 2.66. The number of nitrogens with zero attached hydrogens (tertiary/aromatic N) is 1. The maximum atomic E-state index is 13.1. The summed E-state index contributed by atoms with van der Waals surface area (Å²) in [6.45, 7) is 0.320. The SMILES string of the molecule is CNCc1cc(F)cnc1Oc1ccc(C(F)(F)F)cc1. The van der Waals surface area contributed by atoms with Gasteiger partial charge in [-0.3, -0.25) is 0 Å². The van der Waals surface area contributed by atoms with Crippen LogP contribution in [0.5, 0.6) is 11.6 Å². The summed E-state index contributed by atoms with van der Waals surface area (Å²) in [5, 5.41) is 2.83. The van der Waals surface area contributed by atoms with Gasteiger partial charge in [0.1, 0.15) is 11.6 Å². The molecular weight excluding hydrogens is 288 g/mol. The number of nitrogens with one attached hydrogen (secondary N) is 1. The zero-order chi connectivity index (χ0) is 15.5. The van der Waals surface area contributed by atoms with Crippen LogP contribution < -0.4 is 10.1 Å². The van der Waals surface area contributed by atoms with Crippen LogP contribution in [0.4, 0.5) is 17.6 Å². The number of aromatic nitrogens is 1. The standard InChI is InChI=1S/C14H12F4N2O/c1-19-7-9-6-11(15)8-20-13(9)21-12-4-2-10(3-5-12)14(16,17)18/h2-6,8,19H,7H2,1H3. The number of alkyl halides is 3. The molecule has 112 valence electrons. The van der Waals surface area contributed by atoms with Crippen LogP contribution in [0.15, 0.2) is 36.5 Å². The molecule has 0 aliphatic carbocycles. The second-order valence-corrected chi connectivity index (χ2v) is 4.27. The first-order chi connectivity index (χ1) is 9.90. The van der Waals surface area contributed by atoms with E-state index in [2.05, 4.69) is 10.3 Å². The van der Waals surface area contributed by atoms with E-state index in [1.165, 1.54) is 18.2 Å². The Morgan fingerprint density at radius 2 is 1.86 bits per heavy atom. The number of hydrogen-bond donors (Lipinski definition) is 1. The van der Waals surface area contributed by atoms with Gasteiger partial charge in [0, 0.05) is 12.1 Å². The van der Waals surface area contributed by atoms with Crippen LogP contribution >= 0.6 is 0 Å². The van der Waals surface area contributed by atoms with Crippen LogP contribution in [-0.2, 0) is 12.7 Å². The molecule has 1 aromatic heterocycles. The minimum atomic E-state index is -4.40. The molecule has 1 N–H and O–H groups in total. The molecular formula is C14H12F4N2O. The highest BCUT2D eigenvalue weighted by Gasteiger charge is 2.30. The van der Waals surface area contributed by atoms with Gasteiger partial charge in [-0.2, -0.15) is 13.2 Å². The largest absolute Gasteiger partial charge is 0.439 e. The monoisotopic (exact) mass is 300 g/mol. The van der Waals surface area contributed by atoms with Gasteiger partial charge < -0.3 is 10.1 Å². The second kappa shape index (κ2) is 6.09. The lowest BCUT2D eigenvalue weighted by atomic mass is 10.2. The molecule has 0 aliphatic rings. The molecule has 0 unspecified atom stereocenters. The number of pyridine rings is 1. The molecule has 0 amide bonds. The third kappa shape index (κ3) is 3.91. The smallest absolute Gasteiger partial charge is 0.416 e. The van der Waals surface area contributed by atoms with Crippen molar-refractivity contribution >= 4 is 0 Å². The normalized spacial score (nSPS) is 11.5. The summed E-state index contributed by atoms with van der Waals surface area (Å²) in [5.74, 6) is -0.176. The molecule has 0 radical (unpaired) electrons. The van der Waals surface area contributed by atoms with E-state index in [9.17, 15) is 17.6 Å². The molecule has 0 atom stereocenters. The molecule has 1 heterocycles. The van der Waals surface area contributed by atoms with Crippen molar-refractivity contribution in [2.75, 3.05) is 7.05 Å². The molecule has 3 nitrogen and oxygen atoms in total. The van der Waals surface area contributed by atoms with Crippen molar-refractivity contribution in [2.45, 2.75) is 12.7 Å². The zero-order valence-corrected chi connectivity index (χ0v) is 11.0. The Bertz CT molecular complexity index is 611. The number of halogens is 4. The van der Waals surface area contributed by atoms with Crippen molar-refractivity contribution < 1.29 is 22.3 Å². The van der Waals surface area contributed by atoms with Gasteiger partial charge in [-0.25, -0.2) is 9.37 Å². The summed E-state index contributed by atoms with van der Waals surface area (Å²) in [7, 11) is 1.67. The first-order valence-electron chi connectivity index (χ1n) is 6.04. The second-order valence-electron chi connectivity index (χ2n) is 4.27. The average molecular weight is 300 g/mol. The summed E-state index contributed by atoms with van der Waals surface area (Å²) in [6, 6.07) is 5.46. The van der Waals surface area contributed by atoms with Gasteiger partial charge in [-0.05, 0) is 37.4 Å². The van der Waals surface area contributed by atoms with Gasteiger partial charge in [-0.15, -0.1) is 0 Å². The molecule has 21 heavy (non-hydrogen) atoms. The molecule has 0 bridgehead atoms. The minimum Gasteiger partial charge on any atom is -0.439 e. The van der Waals surface area contributed by atoms with E-state index in [1.807, 2.05) is 0 Å².